The van der Waals surface area contributed by atoms with Crippen LogP contribution in [0.5, 0.6) is 5.75 Å². The first-order valence-electron chi connectivity index (χ1n) is 11.0. The van der Waals surface area contributed by atoms with Gasteiger partial charge in [0.2, 0.25) is 0 Å². The van der Waals surface area contributed by atoms with Crippen LogP contribution in [0.4, 0.5) is 5.82 Å². The van der Waals surface area contributed by atoms with Crippen LogP contribution in [0.25, 0.3) is 0 Å². The number of pyridine rings is 1. The molecule has 1 fully saturated rings. The third-order valence-corrected chi connectivity index (χ3v) is 6.29. The highest BCUT2D eigenvalue weighted by molar-refractivity contribution is 5.52. The smallest absolute Gasteiger partial charge is 0.171 e. The van der Waals surface area contributed by atoms with Gasteiger partial charge in [-0.3, -0.25) is 0 Å². The zero-order chi connectivity index (χ0) is 20.1. The van der Waals surface area contributed by atoms with Crippen molar-refractivity contribution in [3.63, 3.8) is 0 Å². The number of hydrogen-bond donors (Lipinski definition) is 0. The number of rotatable bonds is 7. The maximum atomic E-state index is 6.09. The van der Waals surface area contributed by atoms with E-state index in [4.69, 9.17) is 9.47 Å². The molecule has 2 aliphatic rings. The van der Waals surface area contributed by atoms with Gasteiger partial charge in [0, 0.05) is 38.9 Å². The fraction of sp³-hybridized carbons (Fsp3) is 0.542. The molecule has 0 amide bonds. The molecule has 29 heavy (non-hydrogen) atoms. The van der Waals surface area contributed by atoms with Crippen molar-refractivity contribution in [2.45, 2.75) is 44.8 Å². The van der Waals surface area contributed by atoms with E-state index in [2.05, 4.69) is 46.1 Å². The van der Waals surface area contributed by atoms with E-state index in [9.17, 15) is 0 Å². The van der Waals surface area contributed by atoms with Crippen LogP contribution in [0.1, 0.15) is 43.4 Å². The number of piperidine rings is 1. The summed E-state index contributed by atoms with van der Waals surface area (Å²) in [7, 11) is 2.15. The number of ether oxygens (including phenoxy) is 2. The van der Waals surface area contributed by atoms with Gasteiger partial charge >= 0.3 is 0 Å². The Bertz CT molecular complexity index is 789. The average Bonchev–Trinajstić information content (AvgIpc) is 2.78. The van der Waals surface area contributed by atoms with Crippen molar-refractivity contribution in [1.29, 1.82) is 0 Å². The third kappa shape index (κ3) is 4.73. The fourth-order valence-corrected chi connectivity index (χ4v) is 4.63. The van der Waals surface area contributed by atoms with E-state index in [0.29, 0.717) is 12.6 Å². The molecule has 3 heterocycles. The van der Waals surface area contributed by atoms with Crippen molar-refractivity contribution in [3.8, 4) is 5.75 Å². The van der Waals surface area contributed by atoms with Crippen molar-refractivity contribution in [3.05, 3.63) is 53.7 Å². The number of anilines is 1. The van der Waals surface area contributed by atoms with Crippen LogP contribution in [0, 0.1) is 0 Å². The first-order chi connectivity index (χ1) is 14.3. The van der Waals surface area contributed by atoms with Crippen LogP contribution in [-0.2, 0) is 11.2 Å². The minimum absolute atomic E-state index is 0.252. The lowest BCUT2D eigenvalue weighted by molar-refractivity contribution is 0.0275. The van der Waals surface area contributed by atoms with Gasteiger partial charge in [-0.05, 0) is 55.9 Å². The summed E-state index contributed by atoms with van der Waals surface area (Å²) in [6.07, 6.45) is 6.53. The van der Waals surface area contributed by atoms with Crippen LogP contribution in [0.3, 0.4) is 0 Å². The monoisotopic (exact) mass is 395 g/mol. The minimum Gasteiger partial charge on any atom is -0.490 e. The molecule has 1 saturated heterocycles. The molecular weight excluding hydrogens is 362 g/mol. The highest BCUT2D eigenvalue weighted by atomic mass is 16.5. The second-order valence-corrected chi connectivity index (χ2v) is 8.04. The molecule has 0 saturated carbocycles. The second kappa shape index (κ2) is 9.59. The summed E-state index contributed by atoms with van der Waals surface area (Å²) in [6, 6.07) is 13.2. The van der Waals surface area contributed by atoms with E-state index in [1.807, 2.05) is 25.3 Å². The molecule has 1 aromatic heterocycles. The van der Waals surface area contributed by atoms with Gasteiger partial charge in [0.05, 0.1) is 19.3 Å². The van der Waals surface area contributed by atoms with Crippen molar-refractivity contribution in [2.75, 3.05) is 44.8 Å². The summed E-state index contributed by atoms with van der Waals surface area (Å²) in [5.74, 6) is 1.84. The van der Waals surface area contributed by atoms with Gasteiger partial charge in [-0.15, -0.1) is 0 Å². The Morgan fingerprint density at radius 3 is 2.83 bits per heavy atom. The lowest BCUT2D eigenvalue weighted by atomic mass is 9.95. The summed E-state index contributed by atoms with van der Waals surface area (Å²) in [6.45, 7) is 6.88. The molecule has 0 radical (unpaired) electrons. The van der Waals surface area contributed by atoms with Crippen LogP contribution >= 0.6 is 0 Å². The zero-order valence-corrected chi connectivity index (χ0v) is 17.7. The van der Waals surface area contributed by atoms with E-state index in [0.717, 1.165) is 63.5 Å². The van der Waals surface area contributed by atoms with Crippen molar-refractivity contribution >= 4 is 5.82 Å². The van der Waals surface area contributed by atoms with E-state index in [-0.39, 0.29) is 6.10 Å². The molecule has 5 heteroatoms. The van der Waals surface area contributed by atoms with Gasteiger partial charge in [-0.2, -0.15) is 0 Å². The molecular formula is C24H33N3O2. The van der Waals surface area contributed by atoms with Crippen LogP contribution in [0.15, 0.2) is 42.6 Å². The molecule has 5 nitrogen and oxygen atoms in total. The molecule has 1 unspecified atom stereocenters. The summed E-state index contributed by atoms with van der Waals surface area (Å²) < 4.78 is 11.9. The molecule has 156 valence electrons. The van der Waals surface area contributed by atoms with Crippen molar-refractivity contribution < 1.29 is 9.47 Å². The van der Waals surface area contributed by atoms with Gasteiger partial charge in [0.1, 0.15) is 0 Å². The van der Waals surface area contributed by atoms with E-state index < -0.39 is 0 Å². The molecule has 1 aromatic carbocycles. The van der Waals surface area contributed by atoms with E-state index in [1.165, 1.54) is 11.1 Å². The normalized spacial score (nSPS) is 20.3. The SMILES string of the molecule is CCOc1cccnc1N(C)C1CCN(CCC2OCCc3ccccc32)CC1. The molecule has 2 aromatic rings. The molecule has 2 aliphatic heterocycles. The Morgan fingerprint density at radius 1 is 1.17 bits per heavy atom. The Morgan fingerprint density at radius 2 is 2.00 bits per heavy atom. The van der Waals surface area contributed by atoms with Gasteiger partial charge in [-0.25, -0.2) is 4.98 Å². The van der Waals surface area contributed by atoms with Gasteiger partial charge in [-0.1, -0.05) is 24.3 Å². The third-order valence-electron chi connectivity index (χ3n) is 6.29. The summed E-state index contributed by atoms with van der Waals surface area (Å²) >= 11 is 0. The van der Waals surface area contributed by atoms with Crippen molar-refractivity contribution in [2.24, 2.45) is 0 Å². The van der Waals surface area contributed by atoms with Gasteiger partial charge in [0.15, 0.2) is 11.6 Å². The molecule has 0 N–H and O–H groups in total. The first kappa shape index (κ1) is 20.2. The topological polar surface area (TPSA) is 37.8 Å². The first-order valence-corrected chi connectivity index (χ1v) is 11.0. The predicted molar refractivity (Wildman–Crippen MR) is 117 cm³/mol. The summed E-state index contributed by atoms with van der Waals surface area (Å²) in [5.41, 5.74) is 2.86. The van der Waals surface area contributed by atoms with Crippen LogP contribution in [-0.4, -0.2) is 55.8 Å². The zero-order valence-electron chi connectivity index (χ0n) is 17.7. The number of benzene rings is 1. The summed E-state index contributed by atoms with van der Waals surface area (Å²) in [4.78, 5) is 9.48. The lowest BCUT2D eigenvalue weighted by Gasteiger charge is -2.38. The van der Waals surface area contributed by atoms with Gasteiger partial charge < -0.3 is 19.3 Å². The van der Waals surface area contributed by atoms with E-state index >= 15 is 0 Å². The quantitative estimate of drug-likeness (QED) is 0.706. The number of aromatic nitrogens is 1. The predicted octanol–water partition coefficient (Wildman–Crippen LogP) is 4.09. The van der Waals surface area contributed by atoms with Crippen LogP contribution in [0.2, 0.25) is 0 Å². The lowest BCUT2D eigenvalue weighted by Crippen LogP contribution is -2.44. The van der Waals surface area contributed by atoms with Gasteiger partial charge in [0.25, 0.3) is 0 Å². The van der Waals surface area contributed by atoms with Crippen molar-refractivity contribution in [1.82, 2.24) is 9.88 Å². The molecule has 0 bridgehead atoms. The molecule has 0 aliphatic carbocycles. The number of nitrogens with zero attached hydrogens (tertiary/aromatic N) is 3. The highest BCUT2D eigenvalue weighted by Crippen LogP contribution is 2.31. The fourth-order valence-electron chi connectivity index (χ4n) is 4.63. The molecule has 1 atom stereocenters. The number of hydrogen-bond acceptors (Lipinski definition) is 5. The maximum absolute atomic E-state index is 6.09. The minimum atomic E-state index is 0.252. The number of fused-ring (bicyclic) bond motifs is 1. The second-order valence-electron chi connectivity index (χ2n) is 8.04. The Labute approximate surface area is 174 Å². The largest absolute Gasteiger partial charge is 0.490 e. The van der Waals surface area contributed by atoms with Crippen LogP contribution < -0.4 is 9.64 Å². The standard InChI is InChI=1S/C24H33N3O2/c1-3-28-23-9-6-14-25-24(23)26(2)20-10-15-27(16-11-20)17-12-22-21-8-5-4-7-19(21)13-18-29-22/h4-9,14,20,22H,3,10-13,15-18H2,1-2H3. The maximum Gasteiger partial charge on any atom is 0.171 e. The molecule has 4 rings (SSSR count). The Hall–Kier alpha value is -2.11. The highest BCUT2D eigenvalue weighted by Gasteiger charge is 2.26. The van der Waals surface area contributed by atoms with E-state index in [1.54, 1.807) is 0 Å². The Kier molecular flexibility index (Phi) is 6.67. The number of likely N-dealkylation sites (tertiary alicyclic amines) is 1. The average molecular weight is 396 g/mol. The summed E-state index contributed by atoms with van der Waals surface area (Å²) in [5, 5.41) is 0. The molecule has 0 spiro atoms. The Balaban J connectivity index is 1.29.